The Morgan fingerprint density at radius 1 is 1.04 bits per heavy atom. The van der Waals surface area contributed by atoms with E-state index in [2.05, 4.69) is 15.3 Å². The van der Waals surface area contributed by atoms with Gasteiger partial charge < -0.3 is 16.2 Å². The predicted molar refractivity (Wildman–Crippen MR) is 99.5 cm³/mol. The van der Waals surface area contributed by atoms with Gasteiger partial charge >= 0.3 is 0 Å². The van der Waals surface area contributed by atoms with Crippen LogP contribution < -0.4 is 21.9 Å². The lowest BCUT2D eigenvalue weighted by atomic mass is 10.1. The van der Waals surface area contributed by atoms with E-state index in [1.807, 2.05) is 42.5 Å². The Labute approximate surface area is 145 Å². The molecule has 0 amide bonds. The number of nitrogen functional groups attached to an aromatic ring is 1. The Morgan fingerprint density at radius 3 is 2.48 bits per heavy atom. The Hall–Kier alpha value is -3.32. The summed E-state index contributed by atoms with van der Waals surface area (Å²) in [6.07, 6.45) is 2.31. The number of nitrogens with zero attached hydrogens (tertiary/aromatic N) is 3. The lowest BCUT2D eigenvalue weighted by molar-refractivity contribution is 0.475. The molecule has 0 aliphatic carbocycles. The zero-order valence-corrected chi connectivity index (χ0v) is 13.6. The molecule has 0 bridgehead atoms. The molecule has 0 atom stereocenters. The number of rotatable bonds is 6. The van der Waals surface area contributed by atoms with Crippen LogP contribution in [0.3, 0.4) is 0 Å². The minimum absolute atomic E-state index is 0.257. The van der Waals surface area contributed by atoms with Crippen LogP contribution in [0, 0.1) is 0 Å². The number of hydrazine groups is 1. The van der Waals surface area contributed by atoms with Crippen molar-refractivity contribution in [3.63, 3.8) is 0 Å². The monoisotopic (exact) mass is 336 g/mol. The van der Waals surface area contributed by atoms with E-state index in [0.717, 1.165) is 17.7 Å². The van der Waals surface area contributed by atoms with Crippen LogP contribution in [0.25, 0.3) is 0 Å². The van der Waals surface area contributed by atoms with Gasteiger partial charge in [0.05, 0.1) is 17.6 Å². The quantitative estimate of drug-likeness (QED) is 0.404. The second-order valence-electron chi connectivity index (χ2n) is 5.52. The first-order chi connectivity index (χ1) is 12.1. The van der Waals surface area contributed by atoms with Gasteiger partial charge in [-0.1, -0.05) is 30.3 Å². The largest absolute Gasteiger partial charge is 0.508 e. The number of aromatic nitrogens is 2. The van der Waals surface area contributed by atoms with E-state index in [-0.39, 0.29) is 5.75 Å². The molecule has 25 heavy (non-hydrogen) atoms. The third kappa shape index (κ3) is 4.15. The van der Waals surface area contributed by atoms with E-state index in [4.69, 9.17) is 11.6 Å². The molecule has 6 N–H and O–H groups in total. The van der Waals surface area contributed by atoms with Gasteiger partial charge in [0.2, 0.25) is 5.95 Å². The van der Waals surface area contributed by atoms with Gasteiger partial charge in [0.25, 0.3) is 0 Å². The number of nitrogens with one attached hydrogen (secondary N) is 1. The molecule has 0 fully saturated rings. The number of benzene rings is 2. The summed E-state index contributed by atoms with van der Waals surface area (Å²) < 4.78 is 0. The highest BCUT2D eigenvalue weighted by Crippen LogP contribution is 2.25. The summed E-state index contributed by atoms with van der Waals surface area (Å²) in [5.74, 6) is 7.28. The maximum atomic E-state index is 9.30. The highest BCUT2D eigenvalue weighted by atomic mass is 16.3. The molecule has 3 aromatic rings. The van der Waals surface area contributed by atoms with Crippen molar-refractivity contribution in [1.82, 2.24) is 9.97 Å². The fourth-order valence-corrected chi connectivity index (χ4v) is 2.35. The van der Waals surface area contributed by atoms with E-state index in [1.54, 1.807) is 12.1 Å². The number of anilines is 4. The Morgan fingerprint density at radius 2 is 1.76 bits per heavy atom. The molecule has 7 heteroatoms. The summed E-state index contributed by atoms with van der Waals surface area (Å²) in [4.78, 5) is 8.60. The molecule has 128 valence electrons. The van der Waals surface area contributed by atoms with E-state index >= 15 is 0 Å². The van der Waals surface area contributed by atoms with E-state index < -0.39 is 0 Å². The van der Waals surface area contributed by atoms with Gasteiger partial charge in [-0.2, -0.15) is 4.98 Å². The zero-order chi connectivity index (χ0) is 17.6. The standard InChI is InChI=1S/C18H20N6O/c19-16-12-22-18(21-11-10-13-6-8-15(25)9-7-13)23-17(16)24(20)14-4-2-1-3-5-14/h1-9,12,25H,10-11,19-20H2,(H,21,22,23). The zero-order valence-electron chi connectivity index (χ0n) is 13.6. The third-order valence-electron chi connectivity index (χ3n) is 3.69. The van der Waals surface area contributed by atoms with E-state index in [1.165, 1.54) is 11.2 Å². The molecule has 0 saturated heterocycles. The maximum absolute atomic E-state index is 9.30. The molecule has 0 spiro atoms. The summed E-state index contributed by atoms with van der Waals surface area (Å²) in [5.41, 5.74) is 8.25. The molecule has 1 aromatic heterocycles. The topological polar surface area (TPSA) is 113 Å². The van der Waals surface area contributed by atoms with Crippen LogP contribution in [-0.2, 0) is 6.42 Å². The number of nitrogens with two attached hydrogens (primary N) is 2. The normalized spacial score (nSPS) is 10.4. The van der Waals surface area contributed by atoms with Crippen molar-refractivity contribution in [2.75, 3.05) is 22.6 Å². The molecule has 1 heterocycles. The summed E-state index contributed by atoms with van der Waals surface area (Å²) in [6, 6.07) is 16.5. The van der Waals surface area contributed by atoms with Crippen LogP contribution in [-0.4, -0.2) is 21.6 Å². The first-order valence-corrected chi connectivity index (χ1v) is 7.87. The highest BCUT2D eigenvalue weighted by molar-refractivity contribution is 5.70. The number of hydrogen-bond donors (Lipinski definition) is 4. The van der Waals surface area contributed by atoms with Gasteiger partial charge in [-0.3, -0.25) is 5.01 Å². The van der Waals surface area contributed by atoms with Crippen molar-refractivity contribution in [3.05, 3.63) is 66.4 Å². The molecule has 7 nitrogen and oxygen atoms in total. The van der Waals surface area contributed by atoms with Crippen LogP contribution in [0.1, 0.15) is 5.56 Å². The van der Waals surface area contributed by atoms with E-state index in [0.29, 0.717) is 24.0 Å². The molecule has 2 aromatic carbocycles. The van der Waals surface area contributed by atoms with Crippen molar-refractivity contribution in [2.24, 2.45) is 5.84 Å². The van der Waals surface area contributed by atoms with E-state index in [9.17, 15) is 5.11 Å². The van der Waals surface area contributed by atoms with Crippen molar-refractivity contribution in [3.8, 4) is 5.75 Å². The summed E-state index contributed by atoms with van der Waals surface area (Å²) in [7, 11) is 0. The lowest BCUT2D eigenvalue weighted by Crippen LogP contribution is -2.27. The Balaban J connectivity index is 1.68. The SMILES string of the molecule is Nc1cnc(NCCc2ccc(O)cc2)nc1N(N)c1ccccc1. The average molecular weight is 336 g/mol. The summed E-state index contributed by atoms with van der Waals surface area (Å²) in [5, 5.41) is 13.9. The number of phenols is 1. The smallest absolute Gasteiger partial charge is 0.224 e. The van der Waals surface area contributed by atoms with Crippen LogP contribution in [0.5, 0.6) is 5.75 Å². The van der Waals surface area contributed by atoms with Crippen molar-refractivity contribution < 1.29 is 5.11 Å². The molecule has 0 unspecified atom stereocenters. The van der Waals surface area contributed by atoms with Crippen molar-refractivity contribution in [2.45, 2.75) is 6.42 Å². The number of phenolic OH excluding ortho intramolecular Hbond substituents is 1. The maximum Gasteiger partial charge on any atom is 0.224 e. The van der Waals surface area contributed by atoms with Crippen LogP contribution in [0.15, 0.2) is 60.8 Å². The molecule has 3 rings (SSSR count). The molecule has 0 aliphatic heterocycles. The molecule has 0 radical (unpaired) electrons. The van der Waals surface area contributed by atoms with Gasteiger partial charge in [0.15, 0.2) is 5.82 Å². The molecule has 0 aliphatic rings. The fourth-order valence-electron chi connectivity index (χ4n) is 2.35. The van der Waals surface area contributed by atoms with Gasteiger partial charge in [-0.05, 0) is 36.2 Å². The fraction of sp³-hybridized carbons (Fsp3) is 0.111. The lowest BCUT2D eigenvalue weighted by Gasteiger charge is -2.19. The van der Waals surface area contributed by atoms with Gasteiger partial charge in [0, 0.05) is 6.54 Å². The van der Waals surface area contributed by atoms with Gasteiger partial charge in [-0.25, -0.2) is 10.8 Å². The molecular weight excluding hydrogens is 316 g/mol. The predicted octanol–water partition coefficient (Wildman–Crippen LogP) is 2.43. The van der Waals surface area contributed by atoms with Gasteiger partial charge in [0.1, 0.15) is 5.75 Å². The first kappa shape index (κ1) is 16.5. The summed E-state index contributed by atoms with van der Waals surface area (Å²) in [6.45, 7) is 0.643. The number of aromatic hydroxyl groups is 1. The van der Waals surface area contributed by atoms with Crippen LogP contribution >= 0.6 is 0 Å². The highest BCUT2D eigenvalue weighted by Gasteiger charge is 2.11. The summed E-state index contributed by atoms with van der Waals surface area (Å²) >= 11 is 0. The second-order valence-corrected chi connectivity index (χ2v) is 5.52. The number of hydrogen-bond acceptors (Lipinski definition) is 7. The first-order valence-electron chi connectivity index (χ1n) is 7.87. The van der Waals surface area contributed by atoms with Crippen molar-refractivity contribution in [1.29, 1.82) is 0 Å². The molecular formula is C18H20N6O. The third-order valence-corrected chi connectivity index (χ3v) is 3.69. The number of para-hydroxylation sites is 1. The van der Waals surface area contributed by atoms with Crippen LogP contribution in [0.2, 0.25) is 0 Å². The Kier molecular flexibility index (Phi) is 4.96. The van der Waals surface area contributed by atoms with Gasteiger partial charge in [-0.15, -0.1) is 0 Å². The minimum Gasteiger partial charge on any atom is -0.508 e. The second kappa shape index (κ2) is 7.50. The average Bonchev–Trinajstić information content (AvgIpc) is 2.65. The van der Waals surface area contributed by atoms with Crippen molar-refractivity contribution >= 4 is 23.1 Å². The minimum atomic E-state index is 0.257. The molecule has 0 saturated carbocycles. The van der Waals surface area contributed by atoms with Crippen LogP contribution in [0.4, 0.5) is 23.1 Å². The Bertz CT molecular complexity index is 823.